The maximum absolute atomic E-state index is 11.8. The van der Waals surface area contributed by atoms with Crippen molar-refractivity contribution in [3.63, 3.8) is 0 Å². The van der Waals surface area contributed by atoms with Crippen LogP contribution in [0.3, 0.4) is 0 Å². The Labute approximate surface area is 142 Å². The lowest BCUT2D eigenvalue weighted by Crippen LogP contribution is -2.43. The Hall–Kier alpha value is -1.64. The first-order valence-corrected chi connectivity index (χ1v) is 7.72. The van der Waals surface area contributed by atoms with E-state index in [1.807, 2.05) is 24.3 Å². The fourth-order valence-corrected chi connectivity index (χ4v) is 2.14. The number of benzene rings is 1. The third-order valence-corrected chi connectivity index (χ3v) is 3.68. The molecule has 0 radical (unpaired) electrons. The van der Waals surface area contributed by atoms with E-state index in [9.17, 15) is 14.4 Å². The number of hydrogen-bond acceptors (Lipinski definition) is 5. The molecule has 0 heterocycles. The smallest absolute Gasteiger partial charge is 0.328 e. The summed E-state index contributed by atoms with van der Waals surface area (Å²) in [7, 11) is 2.53. The first kappa shape index (κ1) is 18.4. The Morgan fingerprint density at radius 2 is 1.73 bits per heavy atom. The van der Waals surface area contributed by atoms with Gasteiger partial charge in [-0.05, 0) is 40.3 Å². The summed E-state index contributed by atoms with van der Waals surface area (Å²) in [6, 6.07) is 6.83. The van der Waals surface area contributed by atoms with Gasteiger partial charge in [0.2, 0.25) is 5.91 Å². The zero-order chi connectivity index (χ0) is 16.5. The fourth-order valence-electron chi connectivity index (χ4n) is 1.78. The topological polar surface area (TPSA) is 81.7 Å². The van der Waals surface area contributed by atoms with Gasteiger partial charge in [0.05, 0.1) is 20.6 Å². The molecule has 1 aromatic carbocycles. The lowest BCUT2D eigenvalue weighted by Gasteiger charge is -2.16. The third-order valence-electron chi connectivity index (χ3n) is 2.96. The van der Waals surface area contributed by atoms with Crippen LogP contribution in [-0.4, -0.2) is 38.1 Å². The van der Waals surface area contributed by atoms with E-state index < -0.39 is 23.9 Å². The van der Waals surface area contributed by atoms with Crippen molar-refractivity contribution in [2.75, 3.05) is 14.2 Å². The molecule has 7 heteroatoms. The third kappa shape index (κ3) is 6.42. The lowest BCUT2D eigenvalue weighted by molar-refractivity contribution is -0.145. The molecule has 0 aliphatic carbocycles. The van der Waals surface area contributed by atoms with Crippen LogP contribution in [-0.2, 0) is 30.3 Å². The van der Waals surface area contributed by atoms with Crippen LogP contribution in [0.1, 0.15) is 18.4 Å². The number of carbonyl (C=O) groups excluding carboxylic acids is 3. The summed E-state index contributed by atoms with van der Waals surface area (Å²) in [5.74, 6) is -1.39. The number of amides is 1. The highest BCUT2D eigenvalue weighted by molar-refractivity contribution is 14.1. The summed E-state index contributed by atoms with van der Waals surface area (Å²) in [6.45, 7) is 0. The number of carbonyl (C=O) groups is 3. The Morgan fingerprint density at radius 1 is 1.09 bits per heavy atom. The van der Waals surface area contributed by atoms with Crippen molar-refractivity contribution in [1.82, 2.24) is 5.32 Å². The van der Waals surface area contributed by atoms with Crippen LogP contribution in [0.5, 0.6) is 0 Å². The maximum Gasteiger partial charge on any atom is 0.328 e. The van der Waals surface area contributed by atoms with Crippen LogP contribution in [0.4, 0.5) is 0 Å². The van der Waals surface area contributed by atoms with Crippen molar-refractivity contribution in [1.29, 1.82) is 0 Å². The largest absolute Gasteiger partial charge is 0.469 e. The van der Waals surface area contributed by atoms with Crippen LogP contribution in [0.2, 0.25) is 0 Å². The molecule has 0 saturated heterocycles. The van der Waals surface area contributed by atoms with Crippen molar-refractivity contribution in [3.05, 3.63) is 33.4 Å². The SMILES string of the molecule is COC(=O)CCC(=O)N[C@H](Cc1ccc(I)cc1)C(=O)OC. The molecule has 1 N–H and O–H groups in total. The van der Waals surface area contributed by atoms with Crippen LogP contribution in [0.25, 0.3) is 0 Å². The van der Waals surface area contributed by atoms with Crippen molar-refractivity contribution in [2.45, 2.75) is 25.3 Å². The molecule has 22 heavy (non-hydrogen) atoms. The minimum absolute atomic E-state index is 0.0280. The summed E-state index contributed by atoms with van der Waals surface area (Å²) in [6.07, 6.45) is 0.264. The number of halogens is 1. The van der Waals surface area contributed by atoms with E-state index in [4.69, 9.17) is 4.74 Å². The van der Waals surface area contributed by atoms with Crippen LogP contribution < -0.4 is 5.32 Å². The van der Waals surface area contributed by atoms with Crippen molar-refractivity contribution in [3.8, 4) is 0 Å². The molecule has 0 bridgehead atoms. The molecule has 0 fully saturated rings. The molecule has 120 valence electrons. The number of hydrogen-bond donors (Lipinski definition) is 1. The predicted octanol–water partition coefficient (Wildman–Crippen LogP) is 1.44. The normalized spacial score (nSPS) is 11.4. The second-order valence-corrected chi connectivity index (χ2v) is 5.80. The van der Waals surface area contributed by atoms with Crippen molar-refractivity contribution in [2.24, 2.45) is 0 Å². The quantitative estimate of drug-likeness (QED) is 0.535. The van der Waals surface area contributed by atoms with Gasteiger partial charge in [-0.2, -0.15) is 0 Å². The van der Waals surface area contributed by atoms with Gasteiger partial charge in [0.25, 0.3) is 0 Å². The van der Waals surface area contributed by atoms with E-state index in [2.05, 4.69) is 32.6 Å². The standard InChI is InChI=1S/C15H18INO5/c1-21-14(19)8-7-13(18)17-12(15(20)22-2)9-10-3-5-11(16)6-4-10/h3-6,12H,7-9H2,1-2H3,(H,17,18)/t12-/m1/s1. The summed E-state index contributed by atoms with van der Waals surface area (Å²) < 4.78 is 10.3. The second kappa shape index (κ2) is 9.39. The number of rotatable bonds is 7. The minimum Gasteiger partial charge on any atom is -0.469 e. The van der Waals surface area contributed by atoms with Gasteiger partial charge in [-0.3, -0.25) is 9.59 Å². The van der Waals surface area contributed by atoms with E-state index in [1.165, 1.54) is 14.2 Å². The zero-order valence-electron chi connectivity index (χ0n) is 12.4. The Morgan fingerprint density at radius 3 is 2.27 bits per heavy atom. The van der Waals surface area contributed by atoms with Crippen LogP contribution in [0, 0.1) is 3.57 Å². The van der Waals surface area contributed by atoms with Crippen LogP contribution in [0.15, 0.2) is 24.3 Å². The van der Waals surface area contributed by atoms with Gasteiger partial charge in [0.1, 0.15) is 6.04 Å². The van der Waals surface area contributed by atoms with E-state index in [0.717, 1.165) is 9.13 Å². The zero-order valence-corrected chi connectivity index (χ0v) is 14.6. The number of methoxy groups -OCH3 is 2. The average Bonchev–Trinajstić information content (AvgIpc) is 2.53. The summed E-state index contributed by atoms with van der Waals surface area (Å²) in [5.41, 5.74) is 0.907. The van der Waals surface area contributed by atoms with Gasteiger partial charge in [-0.15, -0.1) is 0 Å². The molecular weight excluding hydrogens is 401 g/mol. The van der Waals surface area contributed by atoms with Gasteiger partial charge in [0.15, 0.2) is 0 Å². The van der Waals surface area contributed by atoms with Gasteiger partial charge in [0, 0.05) is 16.4 Å². The lowest BCUT2D eigenvalue weighted by atomic mass is 10.1. The first-order chi connectivity index (χ1) is 10.5. The Kier molecular flexibility index (Phi) is 7.86. The molecule has 0 spiro atoms. The molecule has 6 nitrogen and oxygen atoms in total. The minimum atomic E-state index is -0.782. The number of nitrogens with one attached hydrogen (secondary N) is 1. The second-order valence-electron chi connectivity index (χ2n) is 4.55. The molecule has 0 saturated carbocycles. The van der Waals surface area contributed by atoms with E-state index in [-0.39, 0.29) is 12.8 Å². The highest BCUT2D eigenvalue weighted by Crippen LogP contribution is 2.10. The molecule has 0 aliphatic rings. The van der Waals surface area contributed by atoms with Gasteiger partial charge in [-0.1, -0.05) is 12.1 Å². The maximum atomic E-state index is 11.8. The van der Waals surface area contributed by atoms with E-state index in [0.29, 0.717) is 6.42 Å². The van der Waals surface area contributed by atoms with Gasteiger partial charge < -0.3 is 14.8 Å². The molecule has 1 aromatic rings. The summed E-state index contributed by atoms with van der Waals surface area (Å²) >= 11 is 2.19. The van der Waals surface area contributed by atoms with Gasteiger partial charge in [-0.25, -0.2) is 4.79 Å². The van der Waals surface area contributed by atoms with Crippen molar-refractivity contribution >= 4 is 40.4 Å². The summed E-state index contributed by atoms with van der Waals surface area (Å²) in [4.78, 5) is 34.6. The monoisotopic (exact) mass is 419 g/mol. The highest BCUT2D eigenvalue weighted by atomic mass is 127. The molecule has 0 aromatic heterocycles. The molecular formula is C15H18INO5. The highest BCUT2D eigenvalue weighted by Gasteiger charge is 2.22. The fraction of sp³-hybridized carbons (Fsp3) is 0.400. The Bertz CT molecular complexity index is 529. The molecule has 1 atom stereocenters. The first-order valence-electron chi connectivity index (χ1n) is 6.64. The van der Waals surface area contributed by atoms with Crippen LogP contribution >= 0.6 is 22.6 Å². The molecule has 0 unspecified atom stereocenters. The molecule has 0 aliphatic heterocycles. The average molecular weight is 419 g/mol. The molecule has 1 amide bonds. The Balaban J connectivity index is 2.64. The van der Waals surface area contributed by atoms with E-state index in [1.54, 1.807) is 0 Å². The number of esters is 2. The molecule has 1 rings (SSSR count). The predicted molar refractivity (Wildman–Crippen MR) is 88.1 cm³/mol. The van der Waals surface area contributed by atoms with E-state index >= 15 is 0 Å². The number of ether oxygens (including phenoxy) is 2. The summed E-state index contributed by atoms with van der Waals surface area (Å²) in [5, 5.41) is 2.59. The van der Waals surface area contributed by atoms with Gasteiger partial charge >= 0.3 is 11.9 Å². The van der Waals surface area contributed by atoms with Crippen molar-refractivity contribution < 1.29 is 23.9 Å².